The minimum absolute atomic E-state index is 0.0397. The Balaban J connectivity index is 2.58. The molecular weight excluding hydrogens is 226 g/mol. The van der Waals surface area contributed by atoms with E-state index in [2.05, 4.69) is 11.9 Å². The second kappa shape index (κ2) is 6.24. The van der Waals surface area contributed by atoms with Gasteiger partial charge in [0.2, 0.25) is 0 Å². The van der Waals surface area contributed by atoms with Crippen molar-refractivity contribution in [2.75, 3.05) is 13.2 Å². The first-order valence-electron chi connectivity index (χ1n) is 6.02. The molecule has 0 unspecified atom stereocenters. The summed E-state index contributed by atoms with van der Waals surface area (Å²) in [6.07, 6.45) is 0. The van der Waals surface area contributed by atoms with E-state index in [-0.39, 0.29) is 12.5 Å². The molecule has 1 amide bonds. The molecule has 3 heteroatoms. The van der Waals surface area contributed by atoms with Gasteiger partial charge in [0, 0.05) is 6.54 Å². The minimum atomic E-state index is -0.127. The van der Waals surface area contributed by atoms with E-state index in [0.717, 1.165) is 22.4 Å². The second-order valence-corrected chi connectivity index (χ2v) is 4.75. The molecule has 0 aromatic heterocycles. The molecule has 0 bridgehead atoms. The van der Waals surface area contributed by atoms with Crippen LogP contribution in [0.4, 0.5) is 0 Å². The van der Waals surface area contributed by atoms with Crippen molar-refractivity contribution in [2.45, 2.75) is 27.7 Å². The predicted octanol–water partition coefficient (Wildman–Crippen LogP) is 2.68. The molecule has 1 aromatic carbocycles. The van der Waals surface area contributed by atoms with Crippen LogP contribution >= 0.6 is 0 Å². The van der Waals surface area contributed by atoms with Crippen LogP contribution in [0.15, 0.2) is 24.3 Å². The lowest BCUT2D eigenvalue weighted by Crippen LogP contribution is -2.30. The normalized spacial score (nSPS) is 10.0. The Morgan fingerprint density at radius 1 is 1.28 bits per heavy atom. The van der Waals surface area contributed by atoms with Crippen LogP contribution in [0, 0.1) is 20.8 Å². The Morgan fingerprint density at radius 2 is 1.83 bits per heavy atom. The summed E-state index contributed by atoms with van der Waals surface area (Å²) in [6, 6.07) is 4.10. The third-order valence-electron chi connectivity index (χ3n) is 2.54. The minimum Gasteiger partial charge on any atom is -0.483 e. The number of hydrogen-bond acceptors (Lipinski definition) is 2. The molecule has 0 atom stereocenters. The van der Waals surface area contributed by atoms with E-state index in [1.165, 1.54) is 5.56 Å². The van der Waals surface area contributed by atoms with E-state index >= 15 is 0 Å². The molecule has 0 spiro atoms. The van der Waals surface area contributed by atoms with Crippen molar-refractivity contribution in [3.63, 3.8) is 0 Å². The standard InChI is InChI=1S/C15H21NO2/c1-10(2)8-16-14(17)9-18-15-12(4)6-11(3)7-13(15)5/h6-7H,1,8-9H2,2-5H3,(H,16,17). The zero-order chi connectivity index (χ0) is 13.7. The average Bonchev–Trinajstić information content (AvgIpc) is 2.24. The zero-order valence-electron chi connectivity index (χ0n) is 11.6. The number of hydrogen-bond donors (Lipinski definition) is 1. The van der Waals surface area contributed by atoms with Crippen LogP contribution in [0.2, 0.25) is 0 Å². The summed E-state index contributed by atoms with van der Waals surface area (Å²) < 4.78 is 5.57. The van der Waals surface area contributed by atoms with Crippen molar-refractivity contribution in [1.29, 1.82) is 0 Å². The summed E-state index contributed by atoms with van der Waals surface area (Å²) in [5.41, 5.74) is 4.23. The first-order chi connectivity index (χ1) is 8.40. The highest BCUT2D eigenvalue weighted by Crippen LogP contribution is 2.24. The molecule has 0 radical (unpaired) electrons. The second-order valence-electron chi connectivity index (χ2n) is 4.75. The topological polar surface area (TPSA) is 38.3 Å². The number of nitrogens with one attached hydrogen (secondary N) is 1. The van der Waals surface area contributed by atoms with E-state index in [4.69, 9.17) is 4.74 Å². The highest BCUT2D eigenvalue weighted by Gasteiger charge is 2.07. The molecule has 0 saturated heterocycles. The molecule has 0 fully saturated rings. The van der Waals surface area contributed by atoms with Gasteiger partial charge in [-0.25, -0.2) is 0 Å². The smallest absolute Gasteiger partial charge is 0.258 e. The number of aryl methyl sites for hydroxylation is 3. The van der Waals surface area contributed by atoms with Crippen molar-refractivity contribution in [3.8, 4) is 5.75 Å². The fourth-order valence-electron chi connectivity index (χ4n) is 1.83. The van der Waals surface area contributed by atoms with Crippen LogP contribution in [-0.2, 0) is 4.79 Å². The Hall–Kier alpha value is -1.77. The zero-order valence-corrected chi connectivity index (χ0v) is 11.6. The number of benzene rings is 1. The average molecular weight is 247 g/mol. The van der Waals surface area contributed by atoms with E-state index < -0.39 is 0 Å². The van der Waals surface area contributed by atoms with Crippen molar-refractivity contribution in [3.05, 3.63) is 41.0 Å². The molecule has 18 heavy (non-hydrogen) atoms. The molecule has 0 aliphatic rings. The van der Waals surface area contributed by atoms with Gasteiger partial charge in [0.05, 0.1) is 0 Å². The van der Waals surface area contributed by atoms with Crippen LogP contribution in [0.3, 0.4) is 0 Å². The van der Waals surface area contributed by atoms with Crippen LogP contribution < -0.4 is 10.1 Å². The SMILES string of the molecule is C=C(C)CNC(=O)COc1c(C)cc(C)cc1C. The van der Waals surface area contributed by atoms with Gasteiger partial charge < -0.3 is 10.1 Å². The molecule has 3 nitrogen and oxygen atoms in total. The van der Waals surface area contributed by atoms with E-state index in [1.54, 1.807) is 0 Å². The van der Waals surface area contributed by atoms with Gasteiger partial charge in [-0.15, -0.1) is 0 Å². The largest absolute Gasteiger partial charge is 0.483 e. The van der Waals surface area contributed by atoms with Gasteiger partial charge in [-0.05, 0) is 38.8 Å². The van der Waals surface area contributed by atoms with Gasteiger partial charge in [-0.2, -0.15) is 0 Å². The molecule has 1 N–H and O–H groups in total. The third-order valence-corrected chi connectivity index (χ3v) is 2.54. The summed E-state index contributed by atoms with van der Waals surface area (Å²) in [4.78, 5) is 11.5. The summed E-state index contributed by atoms with van der Waals surface area (Å²) in [7, 11) is 0. The van der Waals surface area contributed by atoms with Gasteiger partial charge in [0.1, 0.15) is 5.75 Å². The summed E-state index contributed by atoms with van der Waals surface area (Å²) >= 11 is 0. The fourth-order valence-corrected chi connectivity index (χ4v) is 1.83. The van der Waals surface area contributed by atoms with Gasteiger partial charge >= 0.3 is 0 Å². The monoisotopic (exact) mass is 247 g/mol. The van der Waals surface area contributed by atoms with Crippen LogP contribution in [0.1, 0.15) is 23.6 Å². The van der Waals surface area contributed by atoms with Crippen molar-refractivity contribution in [1.82, 2.24) is 5.32 Å². The lowest BCUT2D eigenvalue weighted by Gasteiger charge is -2.13. The highest BCUT2D eigenvalue weighted by atomic mass is 16.5. The lowest BCUT2D eigenvalue weighted by molar-refractivity contribution is -0.122. The lowest BCUT2D eigenvalue weighted by atomic mass is 10.1. The number of amides is 1. The number of carbonyl (C=O) groups is 1. The Bertz CT molecular complexity index is 441. The van der Waals surface area contributed by atoms with E-state index in [1.807, 2.05) is 39.8 Å². The third kappa shape index (κ3) is 4.24. The van der Waals surface area contributed by atoms with E-state index in [0.29, 0.717) is 6.54 Å². The highest BCUT2D eigenvalue weighted by molar-refractivity contribution is 5.77. The molecule has 1 rings (SSSR count). The Labute approximate surface area is 109 Å². The van der Waals surface area contributed by atoms with Gasteiger partial charge in [-0.1, -0.05) is 29.8 Å². The number of ether oxygens (including phenoxy) is 1. The van der Waals surface area contributed by atoms with Gasteiger partial charge in [0.15, 0.2) is 6.61 Å². The molecular formula is C15H21NO2. The molecule has 98 valence electrons. The molecule has 0 aliphatic carbocycles. The maximum absolute atomic E-state index is 11.5. The van der Waals surface area contributed by atoms with Crippen molar-refractivity contribution < 1.29 is 9.53 Å². The van der Waals surface area contributed by atoms with Crippen molar-refractivity contribution in [2.24, 2.45) is 0 Å². The van der Waals surface area contributed by atoms with Gasteiger partial charge in [-0.3, -0.25) is 4.79 Å². The quantitative estimate of drug-likeness (QED) is 0.812. The summed E-state index contributed by atoms with van der Waals surface area (Å²) in [6.45, 7) is 12.2. The number of rotatable bonds is 5. The Kier molecular flexibility index (Phi) is 4.95. The number of carbonyl (C=O) groups excluding carboxylic acids is 1. The van der Waals surface area contributed by atoms with Gasteiger partial charge in [0.25, 0.3) is 5.91 Å². The molecule has 1 aromatic rings. The molecule has 0 heterocycles. The van der Waals surface area contributed by atoms with Crippen molar-refractivity contribution >= 4 is 5.91 Å². The Morgan fingerprint density at radius 3 is 2.33 bits per heavy atom. The van der Waals surface area contributed by atoms with Crippen LogP contribution in [-0.4, -0.2) is 19.1 Å². The maximum Gasteiger partial charge on any atom is 0.258 e. The maximum atomic E-state index is 11.5. The first kappa shape index (κ1) is 14.3. The summed E-state index contributed by atoms with van der Waals surface area (Å²) in [5.74, 6) is 0.670. The predicted molar refractivity (Wildman–Crippen MR) is 74.0 cm³/mol. The fraction of sp³-hybridized carbons (Fsp3) is 0.400. The van der Waals surface area contributed by atoms with Crippen LogP contribution in [0.5, 0.6) is 5.75 Å². The summed E-state index contributed by atoms with van der Waals surface area (Å²) in [5, 5.41) is 2.74. The molecule has 0 aliphatic heterocycles. The van der Waals surface area contributed by atoms with E-state index in [9.17, 15) is 4.79 Å². The van der Waals surface area contributed by atoms with Crippen LogP contribution in [0.25, 0.3) is 0 Å². The molecule has 0 saturated carbocycles. The first-order valence-corrected chi connectivity index (χ1v) is 6.02.